The first kappa shape index (κ1) is 24.0. The number of hydrogen-bond donors (Lipinski definition) is 1. The van der Waals surface area contributed by atoms with E-state index in [0.29, 0.717) is 19.1 Å². The third-order valence-corrected chi connectivity index (χ3v) is 6.19. The van der Waals surface area contributed by atoms with Crippen LogP contribution in [0.1, 0.15) is 48.6 Å². The van der Waals surface area contributed by atoms with Crippen molar-refractivity contribution >= 4 is 0 Å². The first-order valence-corrected chi connectivity index (χ1v) is 12.0. The Kier molecular flexibility index (Phi) is 7.96. The molecule has 1 unspecified atom stereocenters. The second-order valence-corrected chi connectivity index (χ2v) is 9.05. The molecule has 0 saturated heterocycles. The summed E-state index contributed by atoms with van der Waals surface area (Å²) in [5, 5.41) is 3.67. The maximum atomic E-state index is 6.19. The molecule has 0 aliphatic carbocycles. The van der Waals surface area contributed by atoms with Crippen molar-refractivity contribution in [3.8, 4) is 23.0 Å². The lowest BCUT2D eigenvalue weighted by atomic mass is 9.89. The first-order valence-electron chi connectivity index (χ1n) is 12.0. The predicted molar refractivity (Wildman–Crippen MR) is 135 cm³/mol. The van der Waals surface area contributed by atoms with E-state index in [1.165, 1.54) is 11.1 Å². The summed E-state index contributed by atoms with van der Waals surface area (Å²) in [5.74, 6) is 3.65. The van der Waals surface area contributed by atoms with Crippen molar-refractivity contribution in [3.05, 3.63) is 82.9 Å². The molecule has 0 aromatic heterocycles. The third-order valence-electron chi connectivity index (χ3n) is 6.19. The van der Waals surface area contributed by atoms with Gasteiger partial charge in [0, 0.05) is 6.54 Å². The number of ether oxygens (including phenoxy) is 4. The summed E-state index contributed by atoms with van der Waals surface area (Å²) in [6.45, 7) is 6.45. The molecule has 0 saturated carbocycles. The average Bonchev–Trinajstić information content (AvgIpc) is 2.87. The van der Waals surface area contributed by atoms with Gasteiger partial charge in [0.25, 0.3) is 0 Å². The molecule has 0 spiro atoms. The molecule has 1 heterocycles. The smallest absolute Gasteiger partial charge is 0.162 e. The Morgan fingerprint density at radius 3 is 2.35 bits per heavy atom. The molecule has 0 bridgehead atoms. The highest BCUT2D eigenvalue weighted by Crippen LogP contribution is 2.40. The zero-order valence-corrected chi connectivity index (χ0v) is 20.6. The number of rotatable bonds is 10. The van der Waals surface area contributed by atoms with E-state index in [-0.39, 0.29) is 6.04 Å². The van der Waals surface area contributed by atoms with Gasteiger partial charge in [-0.2, -0.15) is 0 Å². The number of methoxy groups -OCH3 is 2. The van der Waals surface area contributed by atoms with Crippen LogP contribution >= 0.6 is 0 Å². The third kappa shape index (κ3) is 5.65. The highest BCUT2D eigenvalue weighted by molar-refractivity contribution is 5.53. The second kappa shape index (κ2) is 11.3. The molecule has 0 radical (unpaired) electrons. The number of hydrogen-bond acceptors (Lipinski definition) is 5. The quantitative estimate of drug-likeness (QED) is 0.405. The van der Waals surface area contributed by atoms with Gasteiger partial charge in [0.05, 0.1) is 26.9 Å². The Morgan fingerprint density at radius 1 is 0.853 bits per heavy atom. The van der Waals surface area contributed by atoms with Crippen molar-refractivity contribution in [1.29, 1.82) is 0 Å². The summed E-state index contributed by atoms with van der Waals surface area (Å²) in [6.07, 6.45) is 1.95. The lowest BCUT2D eigenvalue weighted by Gasteiger charge is -2.29. The molecule has 5 heteroatoms. The monoisotopic (exact) mass is 461 g/mol. The highest BCUT2D eigenvalue weighted by atomic mass is 16.5. The van der Waals surface area contributed by atoms with Gasteiger partial charge in [-0.3, -0.25) is 0 Å². The summed E-state index contributed by atoms with van der Waals surface area (Å²) >= 11 is 0. The SMILES string of the molecule is COc1cc(C2NCCc3cc(OC)c(OCc4ccccc4)cc32)ccc1OCCC(C)C. The summed E-state index contributed by atoms with van der Waals surface area (Å²) in [4.78, 5) is 0. The van der Waals surface area contributed by atoms with E-state index in [4.69, 9.17) is 18.9 Å². The van der Waals surface area contributed by atoms with Crippen LogP contribution in [0.2, 0.25) is 0 Å². The molecule has 1 aliphatic rings. The van der Waals surface area contributed by atoms with Gasteiger partial charge < -0.3 is 24.3 Å². The van der Waals surface area contributed by atoms with Crippen molar-refractivity contribution in [2.45, 2.75) is 39.3 Å². The Morgan fingerprint density at radius 2 is 1.62 bits per heavy atom. The van der Waals surface area contributed by atoms with Gasteiger partial charge in [-0.1, -0.05) is 50.2 Å². The van der Waals surface area contributed by atoms with Gasteiger partial charge in [-0.25, -0.2) is 0 Å². The lowest BCUT2D eigenvalue weighted by molar-refractivity contribution is 0.272. The van der Waals surface area contributed by atoms with Crippen LogP contribution in [0.25, 0.3) is 0 Å². The number of fused-ring (bicyclic) bond motifs is 1. The first-order chi connectivity index (χ1) is 16.6. The molecular weight excluding hydrogens is 426 g/mol. The molecule has 1 N–H and O–H groups in total. The average molecular weight is 462 g/mol. The normalized spacial score (nSPS) is 15.0. The van der Waals surface area contributed by atoms with E-state index < -0.39 is 0 Å². The van der Waals surface area contributed by atoms with Crippen LogP contribution < -0.4 is 24.3 Å². The molecule has 4 rings (SSSR count). The van der Waals surface area contributed by atoms with E-state index in [1.54, 1.807) is 14.2 Å². The fraction of sp³-hybridized carbons (Fsp3) is 0.379. The molecule has 5 nitrogen and oxygen atoms in total. The van der Waals surface area contributed by atoms with Crippen molar-refractivity contribution in [2.75, 3.05) is 27.4 Å². The maximum Gasteiger partial charge on any atom is 0.162 e. The Bertz CT molecular complexity index is 1080. The van der Waals surface area contributed by atoms with Gasteiger partial charge in [0.1, 0.15) is 6.61 Å². The van der Waals surface area contributed by atoms with Crippen LogP contribution in [0.4, 0.5) is 0 Å². The van der Waals surface area contributed by atoms with Crippen molar-refractivity contribution in [2.24, 2.45) is 5.92 Å². The predicted octanol–water partition coefficient (Wildman–Crippen LogP) is 5.94. The fourth-order valence-corrected chi connectivity index (χ4v) is 4.26. The van der Waals surface area contributed by atoms with E-state index >= 15 is 0 Å². The molecule has 0 fully saturated rings. The zero-order chi connectivity index (χ0) is 23.9. The largest absolute Gasteiger partial charge is 0.493 e. The van der Waals surface area contributed by atoms with Crippen LogP contribution in [-0.4, -0.2) is 27.4 Å². The molecule has 34 heavy (non-hydrogen) atoms. The lowest BCUT2D eigenvalue weighted by Crippen LogP contribution is -2.30. The van der Waals surface area contributed by atoms with Gasteiger partial charge in [-0.05, 0) is 65.3 Å². The van der Waals surface area contributed by atoms with E-state index in [2.05, 4.69) is 55.6 Å². The van der Waals surface area contributed by atoms with E-state index in [0.717, 1.165) is 53.5 Å². The van der Waals surface area contributed by atoms with Crippen LogP contribution in [0.5, 0.6) is 23.0 Å². The second-order valence-electron chi connectivity index (χ2n) is 9.05. The summed E-state index contributed by atoms with van der Waals surface area (Å²) in [7, 11) is 3.38. The van der Waals surface area contributed by atoms with E-state index in [1.807, 2.05) is 24.3 Å². The van der Waals surface area contributed by atoms with Crippen LogP contribution in [0.15, 0.2) is 60.7 Å². The van der Waals surface area contributed by atoms with Crippen molar-refractivity contribution < 1.29 is 18.9 Å². The molecule has 1 atom stereocenters. The van der Waals surface area contributed by atoms with Crippen LogP contribution in [0.3, 0.4) is 0 Å². The summed E-state index contributed by atoms with van der Waals surface area (Å²) in [5.41, 5.74) is 4.72. The van der Waals surface area contributed by atoms with Crippen molar-refractivity contribution in [3.63, 3.8) is 0 Å². The standard InChI is InChI=1S/C29H35NO4/c1-20(2)13-15-33-25-11-10-23(17-26(25)31-3)29-24-18-28(34-19-21-8-6-5-7-9-21)27(32-4)16-22(24)12-14-30-29/h5-11,16-18,20,29-30H,12-15,19H2,1-4H3. The number of nitrogens with one attached hydrogen (secondary N) is 1. The van der Waals surface area contributed by atoms with Crippen molar-refractivity contribution in [1.82, 2.24) is 5.32 Å². The fourth-order valence-electron chi connectivity index (χ4n) is 4.26. The molecule has 3 aromatic carbocycles. The topological polar surface area (TPSA) is 49.0 Å². The Labute approximate surface area is 203 Å². The minimum Gasteiger partial charge on any atom is -0.493 e. The van der Waals surface area contributed by atoms with E-state index in [9.17, 15) is 0 Å². The summed E-state index contributed by atoms with van der Waals surface area (Å²) < 4.78 is 23.5. The van der Waals surface area contributed by atoms with Gasteiger partial charge in [0.2, 0.25) is 0 Å². The maximum absolute atomic E-state index is 6.19. The molecule has 0 amide bonds. The van der Waals surface area contributed by atoms with Crippen LogP contribution in [0, 0.1) is 5.92 Å². The Balaban J connectivity index is 1.60. The molecule has 3 aromatic rings. The molecular formula is C29H35NO4. The Hall–Kier alpha value is -3.18. The number of benzene rings is 3. The molecule has 180 valence electrons. The minimum atomic E-state index is 0.0346. The van der Waals surface area contributed by atoms with Gasteiger partial charge >= 0.3 is 0 Å². The van der Waals surface area contributed by atoms with Gasteiger partial charge in [-0.15, -0.1) is 0 Å². The zero-order valence-electron chi connectivity index (χ0n) is 20.6. The minimum absolute atomic E-state index is 0.0346. The van der Waals surface area contributed by atoms with Gasteiger partial charge in [0.15, 0.2) is 23.0 Å². The highest BCUT2D eigenvalue weighted by Gasteiger charge is 2.25. The van der Waals surface area contributed by atoms with Crippen LogP contribution in [-0.2, 0) is 13.0 Å². The molecule has 1 aliphatic heterocycles. The summed E-state index contributed by atoms with van der Waals surface area (Å²) in [6, 6.07) is 20.7.